The maximum Gasteiger partial charge on any atom is 0.243 e. The van der Waals surface area contributed by atoms with Gasteiger partial charge in [0.25, 0.3) is 0 Å². The summed E-state index contributed by atoms with van der Waals surface area (Å²) in [6, 6.07) is 0.227. The molecule has 4 rings (SSSR count). The lowest BCUT2D eigenvalue weighted by atomic mass is 10.2. The van der Waals surface area contributed by atoms with Gasteiger partial charge in [-0.05, 0) is 32.6 Å². The summed E-state index contributed by atoms with van der Waals surface area (Å²) in [5.74, 6) is 2.27. The first kappa shape index (κ1) is 14.6. The molecule has 22 heavy (non-hydrogen) atoms. The molecule has 2 aliphatic heterocycles. The molecule has 122 valence electrons. The summed E-state index contributed by atoms with van der Waals surface area (Å²) in [6.07, 6.45) is 5.34. The summed E-state index contributed by atoms with van der Waals surface area (Å²) >= 11 is 0. The first-order valence-corrected chi connectivity index (χ1v) is 8.71. The van der Waals surface area contributed by atoms with E-state index in [1.54, 1.807) is 0 Å². The number of nitrogens with zero attached hydrogens (tertiary/aromatic N) is 4. The lowest BCUT2D eigenvalue weighted by Gasteiger charge is -2.37. The van der Waals surface area contributed by atoms with Crippen molar-refractivity contribution >= 4 is 0 Å². The third-order valence-electron chi connectivity index (χ3n) is 5.20. The third kappa shape index (κ3) is 3.19. The quantitative estimate of drug-likeness (QED) is 0.827. The molecule has 2 atom stereocenters. The second-order valence-electron chi connectivity index (χ2n) is 6.91. The molecule has 1 aromatic rings. The molecule has 3 heterocycles. The zero-order valence-electron chi connectivity index (χ0n) is 13.4. The average molecular weight is 306 g/mol. The fourth-order valence-corrected chi connectivity index (χ4v) is 3.49. The molecule has 0 spiro atoms. The van der Waals surface area contributed by atoms with Crippen molar-refractivity contribution in [3.05, 3.63) is 11.7 Å². The summed E-state index contributed by atoms with van der Waals surface area (Å²) in [7, 11) is 0. The second kappa shape index (κ2) is 6.26. The SMILES string of the molecule is C[C@H](c1nc(C2CC2)no1)N1CCN(C[C@@H]2CCCO2)CC1. The van der Waals surface area contributed by atoms with Crippen LogP contribution in [-0.4, -0.2) is 65.4 Å². The lowest BCUT2D eigenvalue weighted by Crippen LogP contribution is -2.49. The molecule has 0 radical (unpaired) electrons. The molecule has 0 aromatic carbocycles. The Morgan fingerprint density at radius 3 is 2.68 bits per heavy atom. The monoisotopic (exact) mass is 306 g/mol. The van der Waals surface area contributed by atoms with Gasteiger partial charge in [0.2, 0.25) is 5.89 Å². The normalized spacial score (nSPS) is 29.0. The zero-order valence-corrected chi connectivity index (χ0v) is 13.4. The molecule has 6 nitrogen and oxygen atoms in total. The van der Waals surface area contributed by atoms with Crippen LogP contribution in [0, 0.1) is 0 Å². The van der Waals surface area contributed by atoms with Crippen molar-refractivity contribution in [2.75, 3.05) is 39.3 Å². The van der Waals surface area contributed by atoms with Crippen molar-refractivity contribution in [2.45, 2.75) is 50.7 Å². The zero-order chi connectivity index (χ0) is 14.9. The van der Waals surface area contributed by atoms with Crippen LogP contribution in [0.2, 0.25) is 0 Å². The van der Waals surface area contributed by atoms with Gasteiger partial charge in [-0.25, -0.2) is 0 Å². The van der Waals surface area contributed by atoms with Gasteiger partial charge < -0.3 is 9.26 Å². The number of rotatable bonds is 5. The molecule has 1 saturated carbocycles. The molecule has 1 aliphatic carbocycles. The number of hydrogen-bond acceptors (Lipinski definition) is 6. The molecule has 3 fully saturated rings. The van der Waals surface area contributed by atoms with Crippen LogP contribution in [0.4, 0.5) is 0 Å². The Morgan fingerprint density at radius 2 is 2.00 bits per heavy atom. The Labute approximate surface area is 131 Å². The highest BCUT2D eigenvalue weighted by Gasteiger charge is 2.31. The summed E-state index contributed by atoms with van der Waals surface area (Å²) in [6.45, 7) is 8.56. The topological polar surface area (TPSA) is 54.6 Å². The van der Waals surface area contributed by atoms with Crippen LogP contribution in [0.15, 0.2) is 4.52 Å². The van der Waals surface area contributed by atoms with Crippen LogP contribution >= 0.6 is 0 Å². The van der Waals surface area contributed by atoms with Crippen molar-refractivity contribution in [1.82, 2.24) is 19.9 Å². The smallest absolute Gasteiger partial charge is 0.243 e. The predicted octanol–water partition coefficient (Wildman–Crippen LogP) is 1.80. The molecule has 2 saturated heterocycles. The lowest BCUT2D eigenvalue weighted by molar-refractivity contribution is 0.0379. The Morgan fingerprint density at radius 1 is 1.18 bits per heavy atom. The number of hydrogen-bond donors (Lipinski definition) is 0. The molecule has 0 bridgehead atoms. The minimum atomic E-state index is 0.227. The first-order valence-electron chi connectivity index (χ1n) is 8.71. The Kier molecular flexibility index (Phi) is 4.15. The standard InChI is InChI=1S/C16H26N4O2/c1-12(16-17-15(18-22-16)13-4-5-13)20-8-6-19(7-9-20)11-14-3-2-10-21-14/h12-14H,2-11H2,1H3/t12-,14+/m1/s1. The van der Waals surface area contributed by atoms with E-state index in [0.717, 1.165) is 51.0 Å². The molecular formula is C16H26N4O2. The van der Waals surface area contributed by atoms with Gasteiger partial charge in [-0.15, -0.1) is 0 Å². The van der Waals surface area contributed by atoms with E-state index in [1.165, 1.54) is 25.7 Å². The van der Waals surface area contributed by atoms with E-state index in [0.29, 0.717) is 12.0 Å². The van der Waals surface area contributed by atoms with Crippen molar-refractivity contribution in [2.24, 2.45) is 0 Å². The van der Waals surface area contributed by atoms with Gasteiger partial charge in [-0.3, -0.25) is 9.80 Å². The second-order valence-corrected chi connectivity index (χ2v) is 6.91. The van der Waals surface area contributed by atoms with Crippen LogP contribution in [0.25, 0.3) is 0 Å². The van der Waals surface area contributed by atoms with Gasteiger partial charge >= 0.3 is 0 Å². The van der Waals surface area contributed by atoms with Crippen LogP contribution in [0.5, 0.6) is 0 Å². The Bertz CT molecular complexity index is 488. The fourth-order valence-electron chi connectivity index (χ4n) is 3.49. The molecule has 0 N–H and O–H groups in total. The first-order chi connectivity index (χ1) is 10.8. The van der Waals surface area contributed by atoms with Crippen LogP contribution in [-0.2, 0) is 4.74 Å². The van der Waals surface area contributed by atoms with Gasteiger partial charge in [0.05, 0.1) is 12.1 Å². The van der Waals surface area contributed by atoms with Gasteiger partial charge in [0, 0.05) is 45.2 Å². The molecule has 3 aliphatic rings. The van der Waals surface area contributed by atoms with Gasteiger partial charge in [0.15, 0.2) is 5.82 Å². The van der Waals surface area contributed by atoms with Crippen LogP contribution in [0.1, 0.15) is 56.3 Å². The third-order valence-corrected chi connectivity index (χ3v) is 5.20. The van der Waals surface area contributed by atoms with Crippen molar-refractivity contribution in [1.29, 1.82) is 0 Å². The molecule has 6 heteroatoms. The van der Waals surface area contributed by atoms with Crippen LogP contribution < -0.4 is 0 Å². The maximum atomic E-state index is 5.74. The molecule has 1 aromatic heterocycles. The number of piperazine rings is 1. The highest BCUT2D eigenvalue weighted by atomic mass is 16.5. The van der Waals surface area contributed by atoms with Gasteiger partial charge in [-0.2, -0.15) is 4.98 Å². The predicted molar refractivity (Wildman–Crippen MR) is 81.7 cm³/mol. The molecule has 0 amide bonds. The summed E-state index contributed by atoms with van der Waals surface area (Å²) in [4.78, 5) is 9.58. The maximum absolute atomic E-state index is 5.74. The molecule has 0 unspecified atom stereocenters. The Balaban J connectivity index is 1.28. The van der Waals surface area contributed by atoms with E-state index in [1.807, 2.05) is 0 Å². The van der Waals surface area contributed by atoms with E-state index < -0.39 is 0 Å². The highest BCUT2D eigenvalue weighted by molar-refractivity contribution is 5.04. The van der Waals surface area contributed by atoms with Gasteiger partial charge in [0.1, 0.15) is 0 Å². The van der Waals surface area contributed by atoms with Crippen molar-refractivity contribution in [3.8, 4) is 0 Å². The number of aromatic nitrogens is 2. The summed E-state index contributed by atoms with van der Waals surface area (Å²) < 4.78 is 11.2. The fraction of sp³-hybridized carbons (Fsp3) is 0.875. The van der Waals surface area contributed by atoms with Gasteiger partial charge in [-0.1, -0.05) is 5.16 Å². The molecular weight excluding hydrogens is 280 g/mol. The largest absolute Gasteiger partial charge is 0.377 e. The van der Waals surface area contributed by atoms with Crippen molar-refractivity contribution < 1.29 is 9.26 Å². The van der Waals surface area contributed by atoms with E-state index in [4.69, 9.17) is 9.26 Å². The van der Waals surface area contributed by atoms with E-state index >= 15 is 0 Å². The van der Waals surface area contributed by atoms with E-state index in [-0.39, 0.29) is 6.04 Å². The minimum Gasteiger partial charge on any atom is -0.377 e. The average Bonchev–Trinajstić information content (AvgIpc) is 3.06. The Hall–Kier alpha value is -0.980. The number of ether oxygens (including phenoxy) is 1. The van der Waals surface area contributed by atoms with Crippen LogP contribution in [0.3, 0.4) is 0 Å². The van der Waals surface area contributed by atoms with E-state index in [2.05, 4.69) is 26.9 Å². The van der Waals surface area contributed by atoms with E-state index in [9.17, 15) is 0 Å². The minimum absolute atomic E-state index is 0.227. The highest BCUT2D eigenvalue weighted by Crippen LogP contribution is 2.38. The summed E-state index contributed by atoms with van der Waals surface area (Å²) in [5, 5.41) is 4.14. The van der Waals surface area contributed by atoms with Crippen molar-refractivity contribution in [3.63, 3.8) is 0 Å². The summed E-state index contributed by atoms with van der Waals surface area (Å²) in [5.41, 5.74) is 0.